The van der Waals surface area contributed by atoms with Crippen LogP contribution in [0.1, 0.15) is 50.4 Å². The number of hydrogen-bond donors (Lipinski definition) is 1. The van der Waals surface area contributed by atoms with Gasteiger partial charge in [-0.05, 0) is 38.2 Å². The van der Waals surface area contributed by atoms with Crippen LogP contribution in [-0.4, -0.2) is 30.0 Å². The summed E-state index contributed by atoms with van der Waals surface area (Å²) in [4.78, 5) is 25.3. The second kappa shape index (κ2) is 7.44. The van der Waals surface area contributed by atoms with E-state index in [1.54, 1.807) is 6.07 Å². The molecule has 1 aliphatic heterocycles. The van der Waals surface area contributed by atoms with Crippen molar-refractivity contribution in [1.82, 2.24) is 5.32 Å². The topological polar surface area (TPSA) is 75.5 Å². The molecule has 1 unspecified atom stereocenters. The molecular formula is C17H25N3O3. The lowest BCUT2D eigenvalue weighted by atomic mass is 9.97. The van der Waals surface area contributed by atoms with Gasteiger partial charge in [0, 0.05) is 31.3 Å². The van der Waals surface area contributed by atoms with Gasteiger partial charge in [-0.25, -0.2) is 0 Å². The van der Waals surface area contributed by atoms with E-state index in [4.69, 9.17) is 0 Å². The van der Waals surface area contributed by atoms with E-state index in [1.807, 2.05) is 13.8 Å². The van der Waals surface area contributed by atoms with Crippen LogP contribution in [0.4, 0.5) is 11.4 Å². The van der Waals surface area contributed by atoms with E-state index in [0.717, 1.165) is 38.0 Å². The zero-order valence-corrected chi connectivity index (χ0v) is 14.0. The fourth-order valence-electron chi connectivity index (χ4n) is 2.75. The maximum atomic E-state index is 12.6. The van der Waals surface area contributed by atoms with Crippen LogP contribution >= 0.6 is 0 Å². The first-order valence-electron chi connectivity index (χ1n) is 8.26. The molecule has 0 aromatic heterocycles. The Hall–Kier alpha value is -2.11. The van der Waals surface area contributed by atoms with Crippen LogP contribution in [0, 0.1) is 16.0 Å². The summed E-state index contributed by atoms with van der Waals surface area (Å²) in [5.41, 5.74) is 1.14. The normalized spacial score (nSPS) is 16.9. The van der Waals surface area contributed by atoms with Crippen LogP contribution in [0.5, 0.6) is 0 Å². The highest BCUT2D eigenvalue weighted by atomic mass is 16.6. The zero-order valence-electron chi connectivity index (χ0n) is 14.0. The largest absolute Gasteiger partial charge is 0.371 e. The first-order chi connectivity index (χ1) is 10.9. The highest BCUT2D eigenvalue weighted by Gasteiger charge is 2.23. The van der Waals surface area contributed by atoms with Gasteiger partial charge in [-0.1, -0.05) is 13.8 Å². The summed E-state index contributed by atoms with van der Waals surface area (Å²) >= 11 is 0. The van der Waals surface area contributed by atoms with Gasteiger partial charge in [-0.15, -0.1) is 0 Å². The van der Waals surface area contributed by atoms with Gasteiger partial charge in [-0.2, -0.15) is 0 Å². The van der Waals surface area contributed by atoms with E-state index >= 15 is 0 Å². The van der Waals surface area contributed by atoms with Crippen molar-refractivity contribution in [3.63, 3.8) is 0 Å². The number of benzene rings is 1. The molecule has 1 atom stereocenters. The number of anilines is 1. The van der Waals surface area contributed by atoms with Crippen molar-refractivity contribution in [3.05, 3.63) is 33.9 Å². The van der Waals surface area contributed by atoms with Crippen LogP contribution in [0.3, 0.4) is 0 Å². The number of nitro benzene ring substituents is 1. The Morgan fingerprint density at radius 3 is 2.65 bits per heavy atom. The van der Waals surface area contributed by atoms with Crippen molar-refractivity contribution >= 4 is 17.3 Å². The third-order valence-corrected chi connectivity index (χ3v) is 4.55. The standard InChI is InChI=1S/C17H25N3O3/c1-4-13(3)18-17(21)15-11-14(20(22)23)5-6-16(15)19-9-7-12(2)8-10-19/h5-6,11-13H,4,7-10H2,1-3H3,(H,18,21). The monoisotopic (exact) mass is 319 g/mol. The Labute approximate surface area is 137 Å². The molecular weight excluding hydrogens is 294 g/mol. The number of piperidine rings is 1. The number of non-ortho nitro benzene ring substituents is 1. The molecule has 1 aliphatic rings. The van der Waals surface area contributed by atoms with Gasteiger partial charge in [0.05, 0.1) is 16.2 Å². The van der Waals surface area contributed by atoms with Crippen molar-refractivity contribution in [3.8, 4) is 0 Å². The number of carbonyl (C=O) groups is 1. The Balaban J connectivity index is 2.33. The summed E-state index contributed by atoms with van der Waals surface area (Å²) in [6.45, 7) is 7.90. The third kappa shape index (κ3) is 4.21. The molecule has 6 nitrogen and oxygen atoms in total. The predicted octanol–water partition coefficient (Wildman–Crippen LogP) is 3.36. The van der Waals surface area contributed by atoms with Crippen LogP contribution in [0.15, 0.2) is 18.2 Å². The molecule has 1 aromatic rings. The highest BCUT2D eigenvalue weighted by Crippen LogP contribution is 2.29. The maximum Gasteiger partial charge on any atom is 0.270 e. The Morgan fingerprint density at radius 1 is 1.43 bits per heavy atom. The average molecular weight is 319 g/mol. The summed E-state index contributed by atoms with van der Waals surface area (Å²) in [6, 6.07) is 4.62. The molecule has 0 aliphatic carbocycles. The smallest absolute Gasteiger partial charge is 0.270 e. The lowest BCUT2D eigenvalue weighted by Gasteiger charge is -2.33. The molecule has 23 heavy (non-hydrogen) atoms. The lowest BCUT2D eigenvalue weighted by Crippen LogP contribution is -2.36. The van der Waals surface area contributed by atoms with Gasteiger partial charge >= 0.3 is 0 Å². The molecule has 0 bridgehead atoms. The van der Waals surface area contributed by atoms with E-state index in [0.29, 0.717) is 11.5 Å². The van der Waals surface area contributed by atoms with E-state index in [2.05, 4.69) is 17.1 Å². The van der Waals surface area contributed by atoms with E-state index in [9.17, 15) is 14.9 Å². The minimum atomic E-state index is -0.456. The van der Waals surface area contributed by atoms with Crippen LogP contribution in [0.25, 0.3) is 0 Å². The molecule has 1 saturated heterocycles. The predicted molar refractivity (Wildman–Crippen MR) is 90.9 cm³/mol. The third-order valence-electron chi connectivity index (χ3n) is 4.55. The second-order valence-corrected chi connectivity index (χ2v) is 6.41. The molecule has 1 heterocycles. The molecule has 1 fully saturated rings. The van der Waals surface area contributed by atoms with Crippen molar-refractivity contribution in [2.45, 2.75) is 46.1 Å². The molecule has 1 N–H and O–H groups in total. The fraction of sp³-hybridized carbons (Fsp3) is 0.588. The molecule has 0 radical (unpaired) electrons. The maximum absolute atomic E-state index is 12.6. The summed E-state index contributed by atoms with van der Waals surface area (Å²) < 4.78 is 0. The number of amides is 1. The van der Waals surface area contributed by atoms with Gasteiger partial charge in [-0.3, -0.25) is 14.9 Å². The number of nitrogens with one attached hydrogen (secondary N) is 1. The number of rotatable bonds is 5. The Morgan fingerprint density at radius 2 is 2.09 bits per heavy atom. The molecule has 126 valence electrons. The van der Waals surface area contributed by atoms with Crippen LogP contribution < -0.4 is 10.2 Å². The number of carbonyl (C=O) groups excluding carboxylic acids is 1. The second-order valence-electron chi connectivity index (χ2n) is 6.41. The minimum absolute atomic E-state index is 0.0380. The first-order valence-corrected chi connectivity index (χ1v) is 8.26. The van der Waals surface area contributed by atoms with Crippen LogP contribution in [-0.2, 0) is 0 Å². The number of hydrogen-bond acceptors (Lipinski definition) is 4. The fourth-order valence-corrected chi connectivity index (χ4v) is 2.75. The van der Waals surface area contributed by atoms with Gasteiger partial charge in [0.1, 0.15) is 0 Å². The van der Waals surface area contributed by atoms with Crippen molar-refractivity contribution in [2.75, 3.05) is 18.0 Å². The molecule has 0 saturated carbocycles. The summed E-state index contributed by atoms with van der Waals surface area (Å²) in [5.74, 6) is 0.443. The molecule has 0 spiro atoms. The van der Waals surface area contributed by atoms with Crippen molar-refractivity contribution in [2.24, 2.45) is 5.92 Å². The first kappa shape index (κ1) is 17.2. The van der Waals surface area contributed by atoms with Gasteiger partial charge in [0.15, 0.2) is 0 Å². The number of nitrogens with zero attached hydrogens (tertiary/aromatic N) is 2. The lowest BCUT2D eigenvalue weighted by molar-refractivity contribution is -0.384. The summed E-state index contributed by atoms with van der Waals surface area (Å²) in [7, 11) is 0. The quantitative estimate of drug-likeness (QED) is 0.667. The Kier molecular flexibility index (Phi) is 5.58. The van der Waals surface area contributed by atoms with Gasteiger partial charge < -0.3 is 10.2 Å². The molecule has 1 amide bonds. The average Bonchev–Trinajstić information content (AvgIpc) is 2.54. The van der Waals surface area contributed by atoms with Gasteiger partial charge in [0.2, 0.25) is 0 Å². The minimum Gasteiger partial charge on any atom is -0.371 e. The SMILES string of the molecule is CCC(C)NC(=O)c1cc([N+](=O)[O-])ccc1N1CCC(C)CC1. The van der Waals surface area contributed by atoms with E-state index < -0.39 is 4.92 Å². The van der Waals surface area contributed by atoms with E-state index in [-0.39, 0.29) is 17.6 Å². The molecule has 6 heteroatoms. The molecule has 1 aromatic carbocycles. The molecule has 2 rings (SSSR count). The van der Waals surface area contributed by atoms with Crippen molar-refractivity contribution < 1.29 is 9.72 Å². The summed E-state index contributed by atoms with van der Waals surface area (Å²) in [6.07, 6.45) is 2.96. The van der Waals surface area contributed by atoms with Gasteiger partial charge in [0.25, 0.3) is 11.6 Å². The van der Waals surface area contributed by atoms with E-state index in [1.165, 1.54) is 12.1 Å². The van der Waals surface area contributed by atoms with Crippen LogP contribution in [0.2, 0.25) is 0 Å². The summed E-state index contributed by atoms with van der Waals surface area (Å²) in [5, 5.41) is 14.0. The highest BCUT2D eigenvalue weighted by molar-refractivity contribution is 6.00. The zero-order chi connectivity index (χ0) is 17.0. The number of nitro groups is 1. The Bertz CT molecular complexity index is 580. The van der Waals surface area contributed by atoms with Crippen molar-refractivity contribution in [1.29, 1.82) is 0 Å².